The topological polar surface area (TPSA) is 73.5 Å². The summed E-state index contributed by atoms with van der Waals surface area (Å²) in [6.45, 7) is 6.43. The lowest BCUT2D eigenvalue weighted by molar-refractivity contribution is 0.0379. The Morgan fingerprint density at radius 3 is 2.79 bits per heavy atom. The molecule has 2 fully saturated rings. The molecular weight excluding hydrogens is 575 g/mol. The molecule has 7 rings (SSSR count). The first-order valence-electron chi connectivity index (χ1n) is 15.1. The Morgan fingerprint density at radius 2 is 1.95 bits per heavy atom. The summed E-state index contributed by atoms with van der Waals surface area (Å²) in [5, 5.41) is 3.90. The lowest BCUT2D eigenvalue weighted by Crippen LogP contribution is -2.39. The highest BCUT2D eigenvalue weighted by molar-refractivity contribution is 8.05. The average Bonchev–Trinajstić information content (AvgIpc) is 3.03. The maximum Gasteiger partial charge on any atom is 0.249 e. The standard InChI is InChI=1S/C34H37N5O2S2/c1-22-8-10-27(36-19-22)33(23-5-4-14-38(2)20-23)37-24-9-11-29-31(17-24)42-30-7-3-6-26(34(30)43-29)28-21-39(15-16-41-28)25-12-13-35-32(40)18-25/h3,6-13,17-19,23,28,33,37H,4-5,14-16,20-21H2,1-2H3,(H,35,40). The van der Waals surface area contributed by atoms with Crippen molar-refractivity contribution in [1.29, 1.82) is 0 Å². The van der Waals surface area contributed by atoms with Crippen LogP contribution in [-0.2, 0) is 4.74 Å². The molecule has 3 aliphatic heterocycles. The summed E-state index contributed by atoms with van der Waals surface area (Å²) in [6.07, 6.45) is 6.05. The molecule has 3 aliphatic rings. The van der Waals surface area contributed by atoms with Gasteiger partial charge in [0.2, 0.25) is 5.56 Å². The number of ether oxygens (including phenoxy) is 1. The number of piperidine rings is 1. The molecule has 4 aromatic rings. The summed E-state index contributed by atoms with van der Waals surface area (Å²) in [6, 6.07) is 21.5. The molecule has 2 saturated heterocycles. The van der Waals surface area contributed by atoms with Crippen molar-refractivity contribution in [2.75, 3.05) is 50.1 Å². The van der Waals surface area contributed by atoms with E-state index in [0.717, 1.165) is 36.7 Å². The highest BCUT2D eigenvalue weighted by Crippen LogP contribution is 2.52. The Hall–Kier alpha value is -3.24. The number of benzene rings is 2. The number of nitrogens with zero attached hydrogens (tertiary/aromatic N) is 3. The Bertz CT molecular complexity index is 1660. The molecule has 0 aliphatic carbocycles. The molecule has 43 heavy (non-hydrogen) atoms. The summed E-state index contributed by atoms with van der Waals surface area (Å²) >= 11 is 3.67. The molecule has 0 bridgehead atoms. The quantitative estimate of drug-likeness (QED) is 0.218. The Morgan fingerprint density at radius 1 is 1.02 bits per heavy atom. The molecule has 3 atom stereocenters. The van der Waals surface area contributed by atoms with E-state index >= 15 is 0 Å². The van der Waals surface area contributed by atoms with Crippen LogP contribution in [0.25, 0.3) is 0 Å². The van der Waals surface area contributed by atoms with Gasteiger partial charge in [-0.05, 0) is 86.8 Å². The Labute approximate surface area is 261 Å². The fourth-order valence-corrected chi connectivity index (χ4v) is 8.87. The van der Waals surface area contributed by atoms with Crippen molar-refractivity contribution >= 4 is 34.9 Å². The second kappa shape index (κ2) is 12.4. The predicted molar refractivity (Wildman–Crippen MR) is 175 cm³/mol. The fourth-order valence-electron chi connectivity index (χ4n) is 6.42. The number of aryl methyl sites for hydroxylation is 1. The molecule has 2 aromatic heterocycles. The van der Waals surface area contributed by atoms with E-state index in [1.165, 1.54) is 43.6 Å². The Kier molecular flexibility index (Phi) is 8.23. The van der Waals surface area contributed by atoms with Crippen LogP contribution in [0.5, 0.6) is 0 Å². The molecule has 222 valence electrons. The van der Waals surface area contributed by atoms with Crippen LogP contribution < -0.4 is 15.8 Å². The molecule has 0 amide bonds. The number of likely N-dealkylation sites (tertiary alicyclic amines) is 1. The van der Waals surface area contributed by atoms with Gasteiger partial charge < -0.3 is 24.8 Å². The zero-order valence-corrected chi connectivity index (χ0v) is 26.2. The van der Waals surface area contributed by atoms with Crippen molar-refractivity contribution in [2.45, 2.75) is 51.5 Å². The van der Waals surface area contributed by atoms with E-state index in [1.807, 2.05) is 35.8 Å². The second-order valence-corrected chi connectivity index (χ2v) is 13.9. The zero-order valence-electron chi connectivity index (χ0n) is 24.6. The third kappa shape index (κ3) is 6.22. The van der Waals surface area contributed by atoms with Crippen molar-refractivity contribution in [2.24, 2.45) is 5.92 Å². The third-order valence-electron chi connectivity index (χ3n) is 8.63. The summed E-state index contributed by atoms with van der Waals surface area (Å²) in [5.41, 5.74) is 5.50. The number of aromatic nitrogens is 2. The van der Waals surface area contributed by atoms with Gasteiger partial charge in [-0.2, -0.15) is 0 Å². The van der Waals surface area contributed by atoms with Crippen LogP contribution in [-0.4, -0.2) is 54.7 Å². The van der Waals surface area contributed by atoms with E-state index in [-0.39, 0.29) is 17.7 Å². The second-order valence-electron chi connectivity index (χ2n) is 11.8. The van der Waals surface area contributed by atoms with E-state index in [9.17, 15) is 4.79 Å². The SMILES string of the molecule is Cc1ccc(C(Nc2ccc3c(c2)Sc2cccc(C4CN(c5cc[nH]c(=O)c5)CCO4)c2S3)C2CCCN(C)C2)nc1. The summed E-state index contributed by atoms with van der Waals surface area (Å²) in [4.78, 5) is 29.2. The first-order valence-corrected chi connectivity index (χ1v) is 16.7. The van der Waals surface area contributed by atoms with E-state index in [4.69, 9.17) is 9.72 Å². The lowest BCUT2D eigenvalue weighted by atomic mass is 9.88. The van der Waals surface area contributed by atoms with Gasteiger partial charge in [-0.25, -0.2) is 0 Å². The number of H-pyrrole nitrogens is 1. The molecule has 7 nitrogen and oxygen atoms in total. The maximum absolute atomic E-state index is 11.9. The molecule has 9 heteroatoms. The molecule has 2 aromatic carbocycles. The first kappa shape index (κ1) is 28.5. The monoisotopic (exact) mass is 611 g/mol. The van der Waals surface area contributed by atoms with Crippen LogP contribution in [0.2, 0.25) is 0 Å². The number of nitrogens with one attached hydrogen (secondary N) is 2. The van der Waals surface area contributed by atoms with Crippen LogP contribution in [0.15, 0.2) is 97.4 Å². The number of morpholine rings is 1. The minimum absolute atomic E-state index is 0.0602. The minimum Gasteiger partial charge on any atom is -0.376 e. The first-order chi connectivity index (χ1) is 21.0. The summed E-state index contributed by atoms with van der Waals surface area (Å²) < 4.78 is 6.31. The van der Waals surface area contributed by atoms with E-state index in [1.54, 1.807) is 12.3 Å². The fraction of sp³-hybridized carbons (Fsp3) is 0.353. The van der Waals surface area contributed by atoms with Gasteiger partial charge >= 0.3 is 0 Å². The molecule has 2 N–H and O–H groups in total. The van der Waals surface area contributed by atoms with Crippen molar-refractivity contribution in [3.8, 4) is 0 Å². The molecule has 3 unspecified atom stereocenters. The van der Waals surface area contributed by atoms with E-state index < -0.39 is 0 Å². The number of pyridine rings is 2. The van der Waals surface area contributed by atoms with Gasteiger partial charge in [0.15, 0.2) is 0 Å². The van der Waals surface area contributed by atoms with Gasteiger partial charge in [0.05, 0.1) is 18.3 Å². The van der Waals surface area contributed by atoms with Gasteiger partial charge in [0.1, 0.15) is 6.10 Å². The molecule has 0 spiro atoms. The maximum atomic E-state index is 11.9. The normalized spacial score (nSPS) is 21.1. The molecule has 0 radical (unpaired) electrons. The number of hydrogen-bond acceptors (Lipinski definition) is 8. The van der Waals surface area contributed by atoms with Crippen LogP contribution in [0.3, 0.4) is 0 Å². The van der Waals surface area contributed by atoms with Crippen molar-refractivity contribution in [3.63, 3.8) is 0 Å². The largest absolute Gasteiger partial charge is 0.376 e. The van der Waals surface area contributed by atoms with Crippen LogP contribution in [0, 0.1) is 12.8 Å². The number of rotatable bonds is 6. The lowest BCUT2D eigenvalue weighted by Gasteiger charge is -2.36. The number of hydrogen-bond donors (Lipinski definition) is 2. The van der Waals surface area contributed by atoms with Crippen LogP contribution >= 0.6 is 23.5 Å². The van der Waals surface area contributed by atoms with Crippen molar-refractivity contribution in [1.82, 2.24) is 14.9 Å². The summed E-state index contributed by atoms with van der Waals surface area (Å²) in [5.74, 6) is 0.500. The van der Waals surface area contributed by atoms with Crippen LogP contribution in [0.4, 0.5) is 11.4 Å². The predicted octanol–water partition coefficient (Wildman–Crippen LogP) is 6.77. The zero-order chi connectivity index (χ0) is 29.3. The Balaban J connectivity index is 1.12. The molecule has 5 heterocycles. The number of aromatic amines is 1. The highest BCUT2D eigenvalue weighted by atomic mass is 32.2. The number of fused-ring (bicyclic) bond motifs is 2. The van der Waals surface area contributed by atoms with Gasteiger partial charge in [0.25, 0.3) is 0 Å². The van der Waals surface area contributed by atoms with Crippen LogP contribution in [0.1, 0.15) is 41.8 Å². The molecular formula is C34H37N5O2S2. The van der Waals surface area contributed by atoms with Crippen molar-refractivity contribution < 1.29 is 4.74 Å². The number of anilines is 2. The smallest absolute Gasteiger partial charge is 0.249 e. The highest BCUT2D eigenvalue weighted by Gasteiger charge is 2.30. The van der Waals surface area contributed by atoms with Gasteiger partial charge in [-0.15, -0.1) is 0 Å². The van der Waals surface area contributed by atoms with Gasteiger partial charge in [0, 0.05) is 69.1 Å². The van der Waals surface area contributed by atoms with E-state index in [2.05, 4.69) is 82.6 Å². The van der Waals surface area contributed by atoms with Gasteiger partial charge in [-0.3, -0.25) is 9.78 Å². The van der Waals surface area contributed by atoms with E-state index in [0.29, 0.717) is 19.1 Å². The third-order valence-corrected chi connectivity index (χ3v) is 11.2. The average molecular weight is 612 g/mol. The molecule has 0 saturated carbocycles. The van der Waals surface area contributed by atoms with Crippen molar-refractivity contribution in [3.05, 3.63) is 100 Å². The minimum atomic E-state index is -0.0809. The van der Waals surface area contributed by atoms with Gasteiger partial charge in [-0.1, -0.05) is 41.7 Å². The summed E-state index contributed by atoms with van der Waals surface area (Å²) in [7, 11) is 2.23.